The molecule has 1 saturated carbocycles. The zero-order valence-corrected chi connectivity index (χ0v) is 10.5. The highest BCUT2D eigenvalue weighted by atomic mass is 16.5. The highest BCUT2D eigenvalue weighted by Gasteiger charge is 2.13. The van der Waals surface area contributed by atoms with E-state index in [1.165, 1.54) is 18.4 Å². The number of para-hydroxylation sites is 1. The minimum atomic E-state index is 0.583. The van der Waals surface area contributed by atoms with E-state index in [1.54, 1.807) is 0 Å². The smallest absolute Gasteiger partial charge is 0.119 e. The van der Waals surface area contributed by atoms with E-state index in [4.69, 9.17) is 10.5 Å². The molecule has 0 amide bonds. The van der Waals surface area contributed by atoms with Crippen LogP contribution in [0.15, 0.2) is 60.7 Å². The quantitative estimate of drug-likeness (QED) is 0.894. The van der Waals surface area contributed by atoms with Crippen LogP contribution in [0.25, 0.3) is 0 Å². The normalized spacial score (nSPS) is 13.4. The van der Waals surface area contributed by atoms with Crippen LogP contribution in [-0.2, 0) is 6.61 Å². The number of rotatable bonds is 3. The second-order valence-electron chi connectivity index (χ2n) is 4.42. The Balaban J connectivity index is 0.000000256. The number of benzene rings is 2. The molecule has 2 heteroatoms. The summed E-state index contributed by atoms with van der Waals surface area (Å²) in [6, 6.07) is 20.6. The van der Waals surface area contributed by atoms with Crippen LogP contribution in [0.3, 0.4) is 0 Å². The van der Waals surface area contributed by atoms with Crippen LogP contribution in [0.2, 0.25) is 0 Å². The molecule has 2 N–H and O–H groups in total. The fourth-order valence-electron chi connectivity index (χ4n) is 1.35. The predicted molar refractivity (Wildman–Crippen MR) is 74.4 cm³/mol. The number of ether oxygens (including phenoxy) is 1. The minimum absolute atomic E-state index is 0.583. The van der Waals surface area contributed by atoms with Crippen molar-refractivity contribution in [3.05, 3.63) is 66.2 Å². The van der Waals surface area contributed by atoms with Gasteiger partial charge in [0.2, 0.25) is 0 Å². The molecule has 1 aliphatic carbocycles. The Morgan fingerprint density at radius 1 is 0.889 bits per heavy atom. The molecule has 2 aromatic rings. The van der Waals surface area contributed by atoms with E-state index < -0.39 is 0 Å². The van der Waals surface area contributed by atoms with Crippen LogP contribution in [-0.4, -0.2) is 6.04 Å². The van der Waals surface area contributed by atoms with Crippen LogP contribution in [0.1, 0.15) is 18.4 Å². The molecule has 3 rings (SSSR count). The van der Waals surface area contributed by atoms with Crippen molar-refractivity contribution in [2.24, 2.45) is 5.73 Å². The summed E-state index contributed by atoms with van der Waals surface area (Å²) in [4.78, 5) is 0. The maximum Gasteiger partial charge on any atom is 0.119 e. The molecule has 0 saturated heterocycles. The van der Waals surface area contributed by atoms with Crippen molar-refractivity contribution in [1.82, 2.24) is 0 Å². The van der Waals surface area contributed by atoms with Crippen molar-refractivity contribution in [1.29, 1.82) is 0 Å². The van der Waals surface area contributed by atoms with Gasteiger partial charge >= 0.3 is 0 Å². The van der Waals surface area contributed by atoms with E-state index >= 15 is 0 Å². The van der Waals surface area contributed by atoms with E-state index in [0.29, 0.717) is 12.6 Å². The molecule has 94 valence electrons. The van der Waals surface area contributed by atoms with Gasteiger partial charge in [0, 0.05) is 6.04 Å². The van der Waals surface area contributed by atoms with Crippen molar-refractivity contribution in [2.75, 3.05) is 0 Å². The molecule has 0 bridgehead atoms. The third-order valence-corrected chi connectivity index (χ3v) is 2.61. The van der Waals surface area contributed by atoms with Gasteiger partial charge in [0.05, 0.1) is 0 Å². The molecule has 18 heavy (non-hydrogen) atoms. The second kappa shape index (κ2) is 6.82. The van der Waals surface area contributed by atoms with Crippen molar-refractivity contribution < 1.29 is 4.74 Å². The van der Waals surface area contributed by atoms with Crippen LogP contribution in [0.5, 0.6) is 5.75 Å². The van der Waals surface area contributed by atoms with Crippen LogP contribution in [0, 0.1) is 0 Å². The second-order valence-corrected chi connectivity index (χ2v) is 4.42. The first-order valence-electron chi connectivity index (χ1n) is 6.32. The summed E-state index contributed by atoms with van der Waals surface area (Å²) in [5, 5.41) is 0. The first kappa shape index (κ1) is 12.7. The SMILES string of the molecule is NC1CC1.c1ccc(COc2ccccc2)cc1. The molecule has 0 heterocycles. The fraction of sp³-hybridized carbons (Fsp3) is 0.250. The van der Waals surface area contributed by atoms with Gasteiger partial charge in [0.15, 0.2) is 0 Å². The molecular weight excluding hydrogens is 222 g/mol. The maximum atomic E-state index is 5.59. The van der Waals surface area contributed by atoms with E-state index in [0.717, 1.165) is 5.75 Å². The van der Waals surface area contributed by atoms with Crippen LogP contribution >= 0.6 is 0 Å². The third-order valence-electron chi connectivity index (χ3n) is 2.61. The standard InChI is InChI=1S/C13H12O.C3H7N/c1-3-7-12(8-4-1)11-14-13-9-5-2-6-10-13;4-3-1-2-3/h1-10H,11H2;3H,1-2,4H2. The molecule has 0 aliphatic heterocycles. The Kier molecular flexibility index (Phi) is 4.79. The molecule has 2 nitrogen and oxygen atoms in total. The summed E-state index contributed by atoms with van der Waals surface area (Å²) in [6.07, 6.45) is 2.53. The third kappa shape index (κ3) is 5.02. The van der Waals surface area contributed by atoms with Crippen LogP contribution < -0.4 is 10.5 Å². The Labute approximate surface area is 108 Å². The molecule has 1 aliphatic rings. The van der Waals surface area contributed by atoms with Gasteiger partial charge in [-0.15, -0.1) is 0 Å². The van der Waals surface area contributed by atoms with E-state index in [2.05, 4.69) is 12.1 Å². The summed E-state index contributed by atoms with van der Waals surface area (Å²) < 4.78 is 5.59. The molecule has 1 fully saturated rings. The molecule has 0 aromatic heterocycles. The topological polar surface area (TPSA) is 35.2 Å². The van der Waals surface area contributed by atoms with Gasteiger partial charge in [-0.1, -0.05) is 48.5 Å². The molecule has 0 atom stereocenters. The predicted octanol–water partition coefficient (Wildman–Crippen LogP) is 3.37. The lowest BCUT2D eigenvalue weighted by Gasteiger charge is -2.05. The summed E-state index contributed by atoms with van der Waals surface area (Å²) in [5.41, 5.74) is 6.41. The van der Waals surface area contributed by atoms with Gasteiger partial charge in [0.25, 0.3) is 0 Å². The monoisotopic (exact) mass is 241 g/mol. The molecule has 0 unspecified atom stereocenters. The van der Waals surface area contributed by atoms with Gasteiger partial charge in [-0.2, -0.15) is 0 Å². The Hall–Kier alpha value is -1.80. The van der Waals surface area contributed by atoms with Crippen molar-refractivity contribution >= 4 is 0 Å². The largest absolute Gasteiger partial charge is 0.489 e. The lowest BCUT2D eigenvalue weighted by molar-refractivity contribution is 0.306. The molecular formula is C16H19NO. The fourth-order valence-corrected chi connectivity index (χ4v) is 1.35. The van der Waals surface area contributed by atoms with E-state index in [-0.39, 0.29) is 0 Å². The highest BCUT2D eigenvalue weighted by Crippen LogP contribution is 2.14. The highest BCUT2D eigenvalue weighted by molar-refractivity contribution is 5.22. The van der Waals surface area contributed by atoms with Crippen LogP contribution in [0.4, 0.5) is 0 Å². The van der Waals surface area contributed by atoms with Crippen molar-refractivity contribution in [2.45, 2.75) is 25.5 Å². The summed E-state index contributed by atoms with van der Waals surface area (Å²) >= 11 is 0. The lowest BCUT2D eigenvalue weighted by Crippen LogP contribution is -1.94. The summed E-state index contributed by atoms with van der Waals surface area (Å²) in [7, 11) is 0. The van der Waals surface area contributed by atoms with E-state index in [1.807, 2.05) is 48.5 Å². The first-order valence-corrected chi connectivity index (χ1v) is 6.32. The van der Waals surface area contributed by atoms with Crippen molar-refractivity contribution in [3.63, 3.8) is 0 Å². The zero-order chi connectivity index (χ0) is 12.6. The number of nitrogens with two attached hydrogens (primary N) is 1. The van der Waals surface area contributed by atoms with Gasteiger partial charge in [0.1, 0.15) is 12.4 Å². The van der Waals surface area contributed by atoms with Gasteiger partial charge in [-0.25, -0.2) is 0 Å². The van der Waals surface area contributed by atoms with Crippen molar-refractivity contribution in [3.8, 4) is 5.75 Å². The summed E-state index contributed by atoms with van der Waals surface area (Å²) in [5.74, 6) is 0.913. The Morgan fingerprint density at radius 3 is 1.89 bits per heavy atom. The average molecular weight is 241 g/mol. The molecule has 0 radical (unpaired) electrons. The molecule has 0 spiro atoms. The summed E-state index contributed by atoms with van der Waals surface area (Å²) in [6.45, 7) is 0.630. The average Bonchev–Trinajstić information content (AvgIpc) is 3.22. The minimum Gasteiger partial charge on any atom is -0.489 e. The van der Waals surface area contributed by atoms with Gasteiger partial charge in [-0.3, -0.25) is 0 Å². The lowest BCUT2D eigenvalue weighted by atomic mass is 10.2. The number of hydrogen-bond acceptors (Lipinski definition) is 2. The van der Waals surface area contributed by atoms with E-state index in [9.17, 15) is 0 Å². The molecule has 2 aromatic carbocycles. The Bertz CT molecular complexity index is 398. The zero-order valence-electron chi connectivity index (χ0n) is 10.5. The maximum absolute atomic E-state index is 5.59. The van der Waals surface area contributed by atoms with Gasteiger partial charge in [-0.05, 0) is 30.5 Å². The van der Waals surface area contributed by atoms with Gasteiger partial charge < -0.3 is 10.5 Å². The first-order chi connectivity index (χ1) is 8.84. The Morgan fingerprint density at radius 2 is 1.39 bits per heavy atom. The number of hydrogen-bond donors (Lipinski definition) is 1.